The molecule has 164 valence electrons. The van der Waals surface area contributed by atoms with Gasteiger partial charge in [-0.05, 0) is 29.3 Å². The fourth-order valence-electron chi connectivity index (χ4n) is 3.52. The summed E-state index contributed by atoms with van der Waals surface area (Å²) in [6.45, 7) is 0. The lowest BCUT2D eigenvalue weighted by Gasteiger charge is -2.15. The van der Waals surface area contributed by atoms with Crippen LogP contribution in [0.5, 0.6) is 11.5 Å². The van der Waals surface area contributed by atoms with Gasteiger partial charge in [-0.25, -0.2) is 13.4 Å². The van der Waals surface area contributed by atoms with Crippen molar-refractivity contribution in [2.24, 2.45) is 0 Å². The Hall–Kier alpha value is -3.58. The van der Waals surface area contributed by atoms with E-state index in [4.69, 9.17) is 18.9 Å². The fraction of sp³-hybridized carbons (Fsp3) is 0.160. The van der Waals surface area contributed by atoms with E-state index < -0.39 is 9.84 Å². The smallest absolute Gasteiger partial charge is 0.198 e. The van der Waals surface area contributed by atoms with Crippen LogP contribution in [0.2, 0.25) is 0 Å². The Morgan fingerprint density at radius 1 is 0.938 bits per heavy atom. The summed E-state index contributed by atoms with van der Waals surface area (Å²) in [5.41, 5.74) is 4.06. The molecular weight excluding hydrogens is 426 g/mol. The van der Waals surface area contributed by atoms with Gasteiger partial charge in [-0.1, -0.05) is 42.5 Å². The van der Waals surface area contributed by atoms with E-state index in [1.807, 2.05) is 36.4 Å². The number of hydrogen-bond acceptors (Lipinski definition) is 6. The van der Waals surface area contributed by atoms with Crippen LogP contribution in [-0.2, 0) is 16.3 Å². The molecule has 0 bridgehead atoms. The van der Waals surface area contributed by atoms with E-state index in [-0.39, 0.29) is 4.90 Å². The third-order valence-electron chi connectivity index (χ3n) is 5.13. The van der Waals surface area contributed by atoms with Crippen LogP contribution < -0.4 is 9.47 Å². The van der Waals surface area contributed by atoms with E-state index in [2.05, 4.69) is 0 Å². The molecule has 0 N–H and O–H groups in total. The van der Waals surface area contributed by atoms with Gasteiger partial charge in [0.1, 0.15) is 23.5 Å². The first-order chi connectivity index (χ1) is 15.4. The summed E-state index contributed by atoms with van der Waals surface area (Å²) in [4.78, 5) is 4.95. The van der Waals surface area contributed by atoms with Crippen molar-refractivity contribution in [3.63, 3.8) is 0 Å². The molecule has 0 unspecified atom stereocenters. The van der Waals surface area contributed by atoms with E-state index in [1.54, 1.807) is 50.8 Å². The number of sulfone groups is 1. The second-order valence-corrected chi connectivity index (χ2v) is 9.35. The number of ether oxygens (including phenoxy) is 2. The van der Waals surface area contributed by atoms with Gasteiger partial charge in [0.05, 0.1) is 19.1 Å². The molecular formula is C25H23NO5S. The Labute approximate surface area is 187 Å². The largest absolute Gasteiger partial charge is 0.497 e. The molecule has 0 radical (unpaired) electrons. The normalized spacial score (nSPS) is 11.3. The molecule has 4 aromatic rings. The summed E-state index contributed by atoms with van der Waals surface area (Å²) in [5, 5.41) is 0. The maximum atomic E-state index is 11.9. The Morgan fingerprint density at radius 2 is 1.66 bits per heavy atom. The van der Waals surface area contributed by atoms with E-state index in [0.29, 0.717) is 29.5 Å². The van der Waals surface area contributed by atoms with Gasteiger partial charge in [-0.15, -0.1) is 0 Å². The Bertz CT molecular complexity index is 1330. The average molecular weight is 450 g/mol. The van der Waals surface area contributed by atoms with Crippen molar-refractivity contribution in [3.05, 3.63) is 84.4 Å². The van der Waals surface area contributed by atoms with Crippen LogP contribution in [-0.4, -0.2) is 33.9 Å². The van der Waals surface area contributed by atoms with E-state index >= 15 is 0 Å². The van der Waals surface area contributed by atoms with Crippen molar-refractivity contribution in [3.8, 4) is 33.9 Å². The predicted octanol–water partition coefficient (Wildman–Crippen LogP) is 5.02. The molecule has 1 aromatic heterocycles. The quantitative estimate of drug-likeness (QED) is 0.394. The molecule has 4 rings (SSSR count). The monoisotopic (exact) mass is 449 g/mol. The van der Waals surface area contributed by atoms with Gasteiger partial charge in [0, 0.05) is 29.9 Å². The molecule has 0 aliphatic carbocycles. The number of methoxy groups -OCH3 is 2. The highest BCUT2D eigenvalue weighted by atomic mass is 32.2. The minimum absolute atomic E-state index is 0.252. The van der Waals surface area contributed by atoms with Crippen LogP contribution in [0.3, 0.4) is 0 Å². The third kappa shape index (κ3) is 4.53. The summed E-state index contributed by atoms with van der Waals surface area (Å²) in [5.74, 6) is 1.78. The Kier molecular flexibility index (Phi) is 6.01. The molecule has 0 saturated carbocycles. The van der Waals surface area contributed by atoms with Crippen LogP contribution in [0, 0.1) is 0 Å². The third-order valence-corrected chi connectivity index (χ3v) is 6.26. The van der Waals surface area contributed by atoms with Gasteiger partial charge in [-0.3, -0.25) is 0 Å². The van der Waals surface area contributed by atoms with Crippen molar-refractivity contribution in [1.82, 2.24) is 4.98 Å². The summed E-state index contributed by atoms with van der Waals surface area (Å²) in [6.07, 6.45) is 3.37. The molecule has 0 amide bonds. The number of benzene rings is 3. The fourth-order valence-corrected chi connectivity index (χ4v) is 4.15. The molecule has 0 aliphatic rings. The maximum absolute atomic E-state index is 11.9. The molecule has 0 spiro atoms. The van der Waals surface area contributed by atoms with Crippen molar-refractivity contribution < 1.29 is 22.3 Å². The van der Waals surface area contributed by atoms with Crippen LogP contribution in [0.1, 0.15) is 11.5 Å². The lowest BCUT2D eigenvalue weighted by Crippen LogP contribution is -1.98. The van der Waals surface area contributed by atoms with Gasteiger partial charge in [-0.2, -0.15) is 0 Å². The van der Waals surface area contributed by atoms with Crippen molar-refractivity contribution >= 4 is 9.84 Å². The van der Waals surface area contributed by atoms with Gasteiger partial charge in [0.2, 0.25) is 0 Å². The SMILES string of the molecule is COc1cc(OC)c(-c2ccc(S(C)(=O)=O)cc2)c(-c2coc(Cc3ccccc3)n2)c1. The highest BCUT2D eigenvalue weighted by Crippen LogP contribution is 2.42. The Morgan fingerprint density at radius 3 is 2.28 bits per heavy atom. The first kappa shape index (κ1) is 21.6. The first-order valence-electron chi connectivity index (χ1n) is 9.94. The van der Waals surface area contributed by atoms with Crippen LogP contribution >= 0.6 is 0 Å². The number of rotatable bonds is 7. The molecule has 0 atom stereocenters. The average Bonchev–Trinajstić information content (AvgIpc) is 3.26. The molecule has 7 heteroatoms. The highest BCUT2D eigenvalue weighted by molar-refractivity contribution is 7.90. The summed E-state index contributed by atoms with van der Waals surface area (Å²) < 4.78 is 40.6. The highest BCUT2D eigenvalue weighted by Gasteiger charge is 2.19. The number of oxazole rings is 1. The summed E-state index contributed by atoms with van der Waals surface area (Å²) in [7, 11) is -0.129. The first-order valence-corrected chi connectivity index (χ1v) is 11.8. The minimum atomic E-state index is -3.30. The predicted molar refractivity (Wildman–Crippen MR) is 123 cm³/mol. The van der Waals surface area contributed by atoms with Crippen LogP contribution in [0.4, 0.5) is 0 Å². The van der Waals surface area contributed by atoms with Gasteiger partial charge in [0.25, 0.3) is 0 Å². The van der Waals surface area contributed by atoms with E-state index in [9.17, 15) is 8.42 Å². The van der Waals surface area contributed by atoms with Gasteiger partial charge < -0.3 is 13.9 Å². The van der Waals surface area contributed by atoms with Crippen molar-refractivity contribution in [1.29, 1.82) is 0 Å². The van der Waals surface area contributed by atoms with Crippen molar-refractivity contribution in [2.75, 3.05) is 20.5 Å². The lowest BCUT2D eigenvalue weighted by atomic mass is 9.96. The molecule has 1 heterocycles. The molecule has 3 aromatic carbocycles. The molecule has 32 heavy (non-hydrogen) atoms. The van der Waals surface area contributed by atoms with Gasteiger partial charge >= 0.3 is 0 Å². The lowest BCUT2D eigenvalue weighted by molar-refractivity contribution is 0.395. The maximum Gasteiger partial charge on any atom is 0.198 e. The van der Waals surface area contributed by atoms with Crippen LogP contribution in [0.15, 0.2) is 82.3 Å². The molecule has 6 nitrogen and oxygen atoms in total. The second kappa shape index (κ2) is 8.88. The van der Waals surface area contributed by atoms with Crippen LogP contribution in [0.25, 0.3) is 22.4 Å². The standard InChI is InChI=1S/C25H23NO5S/c1-29-19-14-21(22-16-31-24(26-22)13-17-7-5-4-6-8-17)25(23(15-19)30-2)18-9-11-20(12-10-18)32(3,27)28/h4-12,14-16H,13H2,1-3H3. The molecule has 0 fully saturated rings. The zero-order valence-corrected chi connectivity index (χ0v) is 18.8. The van der Waals surface area contributed by atoms with Crippen molar-refractivity contribution in [2.45, 2.75) is 11.3 Å². The molecule has 0 aliphatic heterocycles. The summed E-state index contributed by atoms with van der Waals surface area (Å²) in [6, 6.07) is 20.3. The topological polar surface area (TPSA) is 78.6 Å². The van der Waals surface area contributed by atoms with Gasteiger partial charge in [0.15, 0.2) is 15.7 Å². The second-order valence-electron chi connectivity index (χ2n) is 7.34. The summed E-state index contributed by atoms with van der Waals surface area (Å²) >= 11 is 0. The minimum Gasteiger partial charge on any atom is -0.497 e. The number of hydrogen-bond donors (Lipinski definition) is 0. The number of aromatic nitrogens is 1. The Balaban J connectivity index is 1.81. The number of nitrogens with zero attached hydrogens (tertiary/aromatic N) is 1. The van der Waals surface area contributed by atoms with E-state index in [0.717, 1.165) is 22.3 Å². The molecule has 0 saturated heterocycles. The zero-order valence-electron chi connectivity index (χ0n) is 18.0. The van der Waals surface area contributed by atoms with E-state index in [1.165, 1.54) is 6.26 Å². The zero-order chi connectivity index (χ0) is 22.7.